The van der Waals surface area contributed by atoms with Crippen molar-refractivity contribution in [3.8, 4) is 0 Å². The molecule has 56 valence electrons. The molecular formula is C9H14O. The van der Waals surface area contributed by atoms with Crippen LogP contribution in [0.2, 0.25) is 0 Å². The summed E-state index contributed by atoms with van der Waals surface area (Å²) >= 11 is 0. The molecule has 0 saturated heterocycles. The summed E-state index contributed by atoms with van der Waals surface area (Å²) in [5, 5.41) is 0. The zero-order valence-electron chi connectivity index (χ0n) is 6.68. The molecule has 0 fully saturated rings. The van der Waals surface area contributed by atoms with Gasteiger partial charge in [0.2, 0.25) is 0 Å². The Morgan fingerprint density at radius 1 is 1.50 bits per heavy atom. The van der Waals surface area contributed by atoms with E-state index in [4.69, 9.17) is 4.74 Å². The molecular weight excluding hydrogens is 124 g/mol. The number of hydrogen-bond acceptors (Lipinski definition) is 1. The third kappa shape index (κ3) is 1.63. The van der Waals surface area contributed by atoms with Gasteiger partial charge in [0.25, 0.3) is 0 Å². The van der Waals surface area contributed by atoms with Crippen LogP contribution in [-0.4, -0.2) is 7.11 Å². The predicted molar refractivity (Wildman–Crippen MR) is 42.7 cm³/mol. The van der Waals surface area contributed by atoms with Crippen LogP contribution in [0.1, 0.15) is 26.2 Å². The Bertz CT molecular complexity index is 166. The smallest absolute Gasteiger partial charge is 0.117 e. The largest absolute Gasteiger partial charge is 0.497 e. The van der Waals surface area contributed by atoms with E-state index in [1.807, 2.05) is 0 Å². The molecule has 0 aromatic rings. The molecule has 0 N–H and O–H groups in total. The first-order chi connectivity index (χ1) is 4.84. The SMILES string of the molecule is COC1=C(C)CCCC=C1. The zero-order chi connectivity index (χ0) is 7.40. The third-order valence-corrected chi connectivity index (χ3v) is 1.83. The van der Waals surface area contributed by atoms with E-state index < -0.39 is 0 Å². The Morgan fingerprint density at radius 2 is 2.30 bits per heavy atom. The minimum Gasteiger partial charge on any atom is -0.497 e. The summed E-state index contributed by atoms with van der Waals surface area (Å²) < 4.78 is 5.18. The van der Waals surface area contributed by atoms with Crippen molar-refractivity contribution in [3.63, 3.8) is 0 Å². The average molecular weight is 138 g/mol. The van der Waals surface area contributed by atoms with Crippen LogP contribution in [0.25, 0.3) is 0 Å². The van der Waals surface area contributed by atoms with Gasteiger partial charge in [-0.1, -0.05) is 6.08 Å². The molecule has 0 amide bonds. The molecule has 0 radical (unpaired) electrons. The summed E-state index contributed by atoms with van der Waals surface area (Å²) in [5.74, 6) is 1.05. The highest BCUT2D eigenvalue weighted by atomic mass is 16.5. The molecule has 0 atom stereocenters. The summed E-state index contributed by atoms with van der Waals surface area (Å²) in [6, 6.07) is 0. The van der Waals surface area contributed by atoms with Gasteiger partial charge >= 0.3 is 0 Å². The summed E-state index contributed by atoms with van der Waals surface area (Å²) in [5.41, 5.74) is 1.37. The van der Waals surface area contributed by atoms with Crippen LogP contribution in [0.15, 0.2) is 23.5 Å². The maximum absolute atomic E-state index is 5.18. The second-order valence-corrected chi connectivity index (χ2v) is 2.64. The van der Waals surface area contributed by atoms with E-state index in [0.29, 0.717) is 0 Å². The van der Waals surface area contributed by atoms with Crippen molar-refractivity contribution in [1.29, 1.82) is 0 Å². The second kappa shape index (κ2) is 3.45. The molecule has 0 aliphatic heterocycles. The van der Waals surface area contributed by atoms with Crippen LogP contribution in [0.5, 0.6) is 0 Å². The van der Waals surface area contributed by atoms with Crippen molar-refractivity contribution in [3.05, 3.63) is 23.5 Å². The lowest BCUT2D eigenvalue weighted by atomic mass is 10.1. The van der Waals surface area contributed by atoms with Crippen LogP contribution in [0.3, 0.4) is 0 Å². The quantitative estimate of drug-likeness (QED) is 0.541. The van der Waals surface area contributed by atoms with Gasteiger partial charge in [-0.25, -0.2) is 0 Å². The van der Waals surface area contributed by atoms with Crippen molar-refractivity contribution in [2.45, 2.75) is 26.2 Å². The van der Waals surface area contributed by atoms with E-state index >= 15 is 0 Å². The highest BCUT2D eigenvalue weighted by Gasteiger charge is 2.01. The fourth-order valence-electron chi connectivity index (χ4n) is 1.18. The fourth-order valence-corrected chi connectivity index (χ4v) is 1.18. The molecule has 0 bridgehead atoms. The topological polar surface area (TPSA) is 9.23 Å². The summed E-state index contributed by atoms with van der Waals surface area (Å²) in [4.78, 5) is 0. The van der Waals surface area contributed by atoms with Gasteiger partial charge in [-0.05, 0) is 37.8 Å². The molecule has 1 aliphatic rings. The Morgan fingerprint density at radius 3 is 3.00 bits per heavy atom. The van der Waals surface area contributed by atoms with Crippen LogP contribution < -0.4 is 0 Å². The van der Waals surface area contributed by atoms with Gasteiger partial charge in [0, 0.05) is 0 Å². The van der Waals surface area contributed by atoms with Crippen LogP contribution in [-0.2, 0) is 4.74 Å². The van der Waals surface area contributed by atoms with E-state index in [9.17, 15) is 0 Å². The maximum Gasteiger partial charge on any atom is 0.117 e. The number of hydrogen-bond donors (Lipinski definition) is 0. The average Bonchev–Trinajstić information content (AvgIpc) is 2.13. The number of ether oxygens (including phenoxy) is 1. The monoisotopic (exact) mass is 138 g/mol. The molecule has 0 spiro atoms. The maximum atomic E-state index is 5.18. The highest BCUT2D eigenvalue weighted by molar-refractivity contribution is 5.20. The first-order valence-electron chi connectivity index (χ1n) is 3.75. The molecule has 0 aromatic carbocycles. The molecule has 0 unspecified atom stereocenters. The third-order valence-electron chi connectivity index (χ3n) is 1.83. The van der Waals surface area contributed by atoms with E-state index in [-0.39, 0.29) is 0 Å². The Labute approximate surface area is 62.4 Å². The van der Waals surface area contributed by atoms with E-state index in [1.54, 1.807) is 7.11 Å². The molecule has 0 heterocycles. The van der Waals surface area contributed by atoms with Crippen molar-refractivity contribution in [1.82, 2.24) is 0 Å². The molecule has 0 saturated carbocycles. The highest BCUT2D eigenvalue weighted by Crippen LogP contribution is 2.17. The standard InChI is InChI=1S/C9H14O/c1-8-6-4-3-5-7-9(8)10-2/h5,7H,3-4,6H2,1-2H3. The first kappa shape index (κ1) is 7.39. The van der Waals surface area contributed by atoms with Gasteiger partial charge in [-0.3, -0.25) is 0 Å². The summed E-state index contributed by atoms with van der Waals surface area (Å²) in [6.07, 6.45) is 7.87. The molecule has 1 rings (SSSR count). The van der Waals surface area contributed by atoms with Crippen molar-refractivity contribution < 1.29 is 4.74 Å². The van der Waals surface area contributed by atoms with Crippen LogP contribution in [0.4, 0.5) is 0 Å². The lowest BCUT2D eigenvalue weighted by molar-refractivity contribution is 0.301. The summed E-state index contributed by atoms with van der Waals surface area (Å²) in [6.45, 7) is 2.13. The van der Waals surface area contributed by atoms with Gasteiger partial charge < -0.3 is 4.74 Å². The number of methoxy groups -OCH3 is 1. The fraction of sp³-hybridized carbons (Fsp3) is 0.556. The summed E-state index contributed by atoms with van der Waals surface area (Å²) in [7, 11) is 1.73. The molecule has 1 aliphatic carbocycles. The van der Waals surface area contributed by atoms with E-state index in [2.05, 4.69) is 19.1 Å². The first-order valence-corrected chi connectivity index (χ1v) is 3.75. The normalized spacial score (nSPS) is 19.0. The second-order valence-electron chi connectivity index (χ2n) is 2.64. The molecule has 0 aromatic heterocycles. The molecule has 1 nitrogen and oxygen atoms in total. The lowest BCUT2D eigenvalue weighted by Gasteiger charge is -2.02. The lowest BCUT2D eigenvalue weighted by Crippen LogP contribution is -1.86. The van der Waals surface area contributed by atoms with E-state index in [1.165, 1.54) is 24.8 Å². The number of rotatable bonds is 1. The minimum atomic E-state index is 1.05. The molecule has 10 heavy (non-hydrogen) atoms. The van der Waals surface area contributed by atoms with Crippen LogP contribution >= 0.6 is 0 Å². The Balaban J connectivity index is 2.73. The Hall–Kier alpha value is -0.720. The zero-order valence-corrected chi connectivity index (χ0v) is 6.68. The van der Waals surface area contributed by atoms with E-state index in [0.717, 1.165) is 5.76 Å². The predicted octanol–water partition coefficient (Wildman–Crippen LogP) is 2.65. The minimum absolute atomic E-state index is 1.05. The van der Waals surface area contributed by atoms with Gasteiger partial charge in [-0.2, -0.15) is 0 Å². The van der Waals surface area contributed by atoms with Crippen molar-refractivity contribution in [2.24, 2.45) is 0 Å². The van der Waals surface area contributed by atoms with Gasteiger partial charge in [0.05, 0.1) is 7.11 Å². The van der Waals surface area contributed by atoms with Gasteiger partial charge in [0.1, 0.15) is 5.76 Å². The molecule has 1 heteroatoms. The Kier molecular flexibility index (Phi) is 2.55. The van der Waals surface area contributed by atoms with Gasteiger partial charge in [-0.15, -0.1) is 0 Å². The van der Waals surface area contributed by atoms with Crippen LogP contribution in [0, 0.1) is 0 Å². The van der Waals surface area contributed by atoms with Crippen molar-refractivity contribution in [2.75, 3.05) is 7.11 Å². The van der Waals surface area contributed by atoms with Crippen molar-refractivity contribution >= 4 is 0 Å². The van der Waals surface area contributed by atoms with Gasteiger partial charge in [0.15, 0.2) is 0 Å². The number of allylic oxidation sites excluding steroid dienone is 3.